The molecule has 0 heterocycles. The molecule has 1 rings (SSSR count). The lowest BCUT2D eigenvalue weighted by Gasteiger charge is -2.24. The van der Waals surface area contributed by atoms with Gasteiger partial charge in [-0.1, -0.05) is 29.8 Å². The molecule has 0 atom stereocenters. The zero-order valence-corrected chi connectivity index (χ0v) is 11.8. The molecule has 0 fully saturated rings. The molecule has 2 nitrogen and oxygen atoms in total. The van der Waals surface area contributed by atoms with E-state index in [9.17, 15) is 4.39 Å². The first kappa shape index (κ1) is 14.6. The molecule has 0 aliphatic heterocycles. The number of halogens is 2. The van der Waals surface area contributed by atoms with Crippen molar-refractivity contribution >= 4 is 15.9 Å². The van der Waals surface area contributed by atoms with Crippen molar-refractivity contribution < 1.29 is 9.50 Å². The maximum Gasteiger partial charge on any atom is 0.127 e. The van der Waals surface area contributed by atoms with Crippen molar-refractivity contribution in [3.63, 3.8) is 0 Å². The third kappa shape index (κ3) is 5.15. The van der Waals surface area contributed by atoms with Gasteiger partial charge in [0.05, 0.1) is 0 Å². The molecule has 17 heavy (non-hydrogen) atoms. The lowest BCUT2D eigenvalue weighted by Crippen LogP contribution is -2.30. The van der Waals surface area contributed by atoms with Crippen LogP contribution in [0.2, 0.25) is 0 Å². The van der Waals surface area contributed by atoms with Crippen LogP contribution in [-0.4, -0.2) is 18.3 Å². The van der Waals surface area contributed by atoms with Gasteiger partial charge in [0.15, 0.2) is 0 Å². The van der Waals surface area contributed by atoms with Gasteiger partial charge in [0.2, 0.25) is 0 Å². The highest BCUT2D eigenvalue weighted by molar-refractivity contribution is 9.10. The van der Waals surface area contributed by atoms with Crippen LogP contribution in [0.25, 0.3) is 0 Å². The average molecular weight is 304 g/mol. The summed E-state index contributed by atoms with van der Waals surface area (Å²) in [6, 6.07) is 4.93. The van der Waals surface area contributed by atoms with Crippen LogP contribution in [0.1, 0.15) is 25.8 Å². The predicted octanol–water partition coefficient (Wildman–Crippen LogP) is 3.09. The molecule has 0 amide bonds. The number of nitrogens with one attached hydrogen (secondary N) is 1. The first-order valence-electron chi connectivity index (χ1n) is 5.70. The van der Waals surface area contributed by atoms with Gasteiger partial charge in [-0.3, -0.25) is 0 Å². The summed E-state index contributed by atoms with van der Waals surface area (Å²) in [5.74, 6) is -0.194. The van der Waals surface area contributed by atoms with Crippen LogP contribution < -0.4 is 5.32 Å². The van der Waals surface area contributed by atoms with E-state index in [1.54, 1.807) is 12.1 Å². The molecular formula is C13H19BrFNO. The Morgan fingerprint density at radius 3 is 2.76 bits per heavy atom. The highest BCUT2D eigenvalue weighted by atomic mass is 79.9. The molecule has 96 valence electrons. The molecule has 1 aromatic rings. The van der Waals surface area contributed by atoms with Gasteiger partial charge in [0.1, 0.15) is 5.82 Å². The van der Waals surface area contributed by atoms with Gasteiger partial charge < -0.3 is 10.4 Å². The van der Waals surface area contributed by atoms with Crippen molar-refractivity contribution in [3.05, 3.63) is 34.1 Å². The van der Waals surface area contributed by atoms with Gasteiger partial charge in [-0.15, -0.1) is 0 Å². The quantitative estimate of drug-likeness (QED) is 0.846. The summed E-state index contributed by atoms with van der Waals surface area (Å²) in [7, 11) is 0. The average Bonchev–Trinajstić information content (AvgIpc) is 2.23. The van der Waals surface area contributed by atoms with E-state index >= 15 is 0 Å². The van der Waals surface area contributed by atoms with E-state index in [0.717, 1.165) is 17.4 Å². The van der Waals surface area contributed by atoms with E-state index in [0.29, 0.717) is 12.1 Å². The standard InChI is InChI=1S/C13H19BrFNO/c1-13(2,5-6-17)9-16-8-10-7-11(14)3-4-12(10)15/h3-4,7,16-17H,5-6,8-9H2,1-2H3. The first-order valence-corrected chi connectivity index (χ1v) is 6.49. The second kappa shape index (κ2) is 6.47. The molecule has 0 radical (unpaired) electrons. The first-order chi connectivity index (χ1) is 7.94. The highest BCUT2D eigenvalue weighted by Gasteiger charge is 2.16. The maximum atomic E-state index is 13.4. The topological polar surface area (TPSA) is 32.3 Å². The summed E-state index contributed by atoms with van der Waals surface area (Å²) in [5, 5.41) is 12.1. The van der Waals surface area contributed by atoms with E-state index in [-0.39, 0.29) is 17.8 Å². The second-order valence-corrected chi connectivity index (χ2v) is 5.89. The number of aliphatic hydroxyl groups is 1. The van der Waals surface area contributed by atoms with Gasteiger partial charge in [-0.2, -0.15) is 0 Å². The molecule has 0 bridgehead atoms. The highest BCUT2D eigenvalue weighted by Crippen LogP contribution is 2.19. The van der Waals surface area contributed by atoms with Crippen LogP contribution in [0.3, 0.4) is 0 Å². The fourth-order valence-corrected chi connectivity index (χ4v) is 2.01. The van der Waals surface area contributed by atoms with Gasteiger partial charge in [-0.05, 0) is 30.0 Å². The summed E-state index contributed by atoms with van der Waals surface area (Å²) in [5.41, 5.74) is 0.677. The second-order valence-electron chi connectivity index (χ2n) is 4.98. The van der Waals surface area contributed by atoms with Gasteiger partial charge in [0.25, 0.3) is 0 Å². The minimum absolute atomic E-state index is 0.0250. The number of hydrogen-bond donors (Lipinski definition) is 2. The van der Waals surface area contributed by atoms with Crippen LogP contribution in [0, 0.1) is 11.2 Å². The molecule has 2 N–H and O–H groups in total. The zero-order valence-electron chi connectivity index (χ0n) is 10.3. The van der Waals surface area contributed by atoms with Crippen LogP contribution in [0.4, 0.5) is 4.39 Å². The molecule has 0 saturated heterocycles. The lowest BCUT2D eigenvalue weighted by molar-refractivity contribution is 0.207. The van der Waals surface area contributed by atoms with E-state index in [4.69, 9.17) is 5.11 Å². The Morgan fingerprint density at radius 2 is 2.12 bits per heavy atom. The molecule has 0 saturated carbocycles. The Labute approximate surface area is 110 Å². The zero-order chi connectivity index (χ0) is 12.9. The number of hydrogen-bond acceptors (Lipinski definition) is 2. The molecule has 1 aromatic carbocycles. The van der Waals surface area contributed by atoms with E-state index in [1.165, 1.54) is 6.07 Å². The Kier molecular flexibility index (Phi) is 5.56. The van der Waals surface area contributed by atoms with Crippen molar-refractivity contribution in [2.24, 2.45) is 5.41 Å². The fourth-order valence-electron chi connectivity index (χ4n) is 1.61. The van der Waals surface area contributed by atoms with Gasteiger partial charge in [-0.25, -0.2) is 4.39 Å². The number of benzene rings is 1. The Morgan fingerprint density at radius 1 is 1.41 bits per heavy atom. The van der Waals surface area contributed by atoms with E-state index in [1.807, 2.05) is 0 Å². The number of rotatable bonds is 6. The summed E-state index contributed by atoms with van der Waals surface area (Å²) in [6.45, 7) is 5.58. The summed E-state index contributed by atoms with van der Waals surface area (Å²) in [6.07, 6.45) is 0.737. The molecule has 0 aliphatic rings. The van der Waals surface area contributed by atoms with Crippen molar-refractivity contribution in [2.75, 3.05) is 13.2 Å². The van der Waals surface area contributed by atoms with Crippen LogP contribution in [0.5, 0.6) is 0 Å². The van der Waals surface area contributed by atoms with Gasteiger partial charge >= 0.3 is 0 Å². The van der Waals surface area contributed by atoms with Crippen molar-refractivity contribution in [1.29, 1.82) is 0 Å². The van der Waals surface area contributed by atoms with Crippen molar-refractivity contribution in [2.45, 2.75) is 26.8 Å². The van der Waals surface area contributed by atoms with Crippen LogP contribution >= 0.6 is 15.9 Å². The largest absolute Gasteiger partial charge is 0.396 e. The van der Waals surface area contributed by atoms with Crippen molar-refractivity contribution in [1.82, 2.24) is 5.32 Å². The third-order valence-electron chi connectivity index (χ3n) is 2.72. The molecule has 0 aliphatic carbocycles. The third-order valence-corrected chi connectivity index (χ3v) is 3.21. The van der Waals surface area contributed by atoms with Crippen molar-refractivity contribution in [3.8, 4) is 0 Å². The normalized spacial score (nSPS) is 11.8. The summed E-state index contributed by atoms with van der Waals surface area (Å²) < 4.78 is 14.3. The van der Waals surface area contributed by atoms with Crippen LogP contribution in [-0.2, 0) is 6.54 Å². The summed E-state index contributed by atoms with van der Waals surface area (Å²) >= 11 is 3.33. The summed E-state index contributed by atoms with van der Waals surface area (Å²) in [4.78, 5) is 0. The minimum atomic E-state index is -0.194. The number of aliphatic hydroxyl groups excluding tert-OH is 1. The monoisotopic (exact) mass is 303 g/mol. The molecule has 0 aromatic heterocycles. The Bertz CT molecular complexity index is 368. The molecular weight excluding hydrogens is 285 g/mol. The SMILES string of the molecule is CC(C)(CCO)CNCc1cc(Br)ccc1F. The van der Waals surface area contributed by atoms with E-state index < -0.39 is 0 Å². The molecule has 0 unspecified atom stereocenters. The smallest absolute Gasteiger partial charge is 0.127 e. The van der Waals surface area contributed by atoms with Crippen LogP contribution in [0.15, 0.2) is 22.7 Å². The fraction of sp³-hybridized carbons (Fsp3) is 0.538. The molecule has 4 heteroatoms. The maximum absolute atomic E-state index is 13.4. The predicted molar refractivity (Wildman–Crippen MR) is 71.3 cm³/mol. The minimum Gasteiger partial charge on any atom is -0.396 e. The Hall–Kier alpha value is -0.450. The molecule has 0 spiro atoms. The van der Waals surface area contributed by atoms with Gasteiger partial charge in [0, 0.05) is 29.7 Å². The van der Waals surface area contributed by atoms with E-state index in [2.05, 4.69) is 35.1 Å². The Balaban J connectivity index is 2.48. The lowest BCUT2D eigenvalue weighted by atomic mass is 9.90.